The van der Waals surface area contributed by atoms with Gasteiger partial charge in [0.15, 0.2) is 5.96 Å². The average molecular weight is 205 g/mol. The van der Waals surface area contributed by atoms with Gasteiger partial charge in [-0.25, -0.2) is 0 Å². The third-order valence-electron chi connectivity index (χ3n) is 2.18. The van der Waals surface area contributed by atoms with Crippen LogP contribution >= 0.6 is 0 Å². The molecule has 0 bridgehead atoms. The van der Waals surface area contributed by atoms with Crippen LogP contribution in [0, 0.1) is 0 Å². The molecule has 0 fully saturated rings. The Hall–Kier alpha value is -1.51. The van der Waals surface area contributed by atoms with Gasteiger partial charge in [0.05, 0.1) is 0 Å². The Balaban J connectivity index is 2.68. The number of nitrogens with two attached hydrogens (primary N) is 1. The van der Waals surface area contributed by atoms with E-state index in [1.807, 2.05) is 19.1 Å². The zero-order valence-electron chi connectivity index (χ0n) is 9.62. The minimum Gasteiger partial charge on any atom is -0.370 e. The van der Waals surface area contributed by atoms with Crippen LogP contribution < -0.4 is 11.1 Å². The molecule has 15 heavy (non-hydrogen) atoms. The van der Waals surface area contributed by atoms with Gasteiger partial charge in [-0.05, 0) is 30.5 Å². The summed E-state index contributed by atoms with van der Waals surface area (Å²) in [5, 5.41) is 3.04. The van der Waals surface area contributed by atoms with Crippen LogP contribution in [-0.2, 0) is 0 Å². The van der Waals surface area contributed by atoms with Gasteiger partial charge in [-0.1, -0.05) is 26.0 Å². The molecule has 82 valence electrons. The minimum atomic E-state index is 0.467. The first-order valence-electron chi connectivity index (χ1n) is 5.30. The Morgan fingerprint density at radius 1 is 1.33 bits per heavy atom. The molecule has 0 heterocycles. The topological polar surface area (TPSA) is 50.4 Å². The molecule has 3 heteroatoms. The molecule has 0 unspecified atom stereocenters. The minimum absolute atomic E-state index is 0.467. The van der Waals surface area contributed by atoms with Crippen LogP contribution in [0.5, 0.6) is 0 Å². The molecule has 0 aromatic heterocycles. The van der Waals surface area contributed by atoms with Crippen molar-refractivity contribution in [2.24, 2.45) is 10.7 Å². The number of hydrogen-bond acceptors (Lipinski definition) is 1. The summed E-state index contributed by atoms with van der Waals surface area (Å²) in [7, 11) is 0. The highest BCUT2D eigenvalue weighted by atomic mass is 15.1. The Labute approximate surface area is 91.4 Å². The second-order valence-electron chi connectivity index (χ2n) is 3.76. The van der Waals surface area contributed by atoms with Crippen LogP contribution in [0.15, 0.2) is 29.3 Å². The SMILES string of the molecule is CCN=C(N)Nc1ccc(C(C)C)cc1. The van der Waals surface area contributed by atoms with E-state index in [9.17, 15) is 0 Å². The van der Waals surface area contributed by atoms with Gasteiger partial charge >= 0.3 is 0 Å². The van der Waals surface area contributed by atoms with Crippen LogP contribution in [-0.4, -0.2) is 12.5 Å². The van der Waals surface area contributed by atoms with Crippen LogP contribution in [0.25, 0.3) is 0 Å². The fraction of sp³-hybridized carbons (Fsp3) is 0.417. The van der Waals surface area contributed by atoms with Crippen molar-refractivity contribution in [3.63, 3.8) is 0 Å². The predicted molar refractivity (Wildman–Crippen MR) is 66.3 cm³/mol. The molecule has 0 atom stereocenters. The zero-order valence-corrected chi connectivity index (χ0v) is 9.62. The normalized spacial score (nSPS) is 11.9. The first-order chi connectivity index (χ1) is 7.13. The van der Waals surface area contributed by atoms with E-state index >= 15 is 0 Å². The molecule has 0 aliphatic rings. The largest absolute Gasteiger partial charge is 0.370 e. The van der Waals surface area contributed by atoms with Crippen LogP contribution in [0.2, 0.25) is 0 Å². The molecule has 0 saturated heterocycles. The van der Waals surface area contributed by atoms with Crippen LogP contribution in [0.1, 0.15) is 32.3 Å². The molecule has 0 spiro atoms. The summed E-state index contributed by atoms with van der Waals surface area (Å²) >= 11 is 0. The van der Waals surface area contributed by atoms with E-state index in [0.717, 1.165) is 5.69 Å². The third-order valence-corrected chi connectivity index (χ3v) is 2.18. The smallest absolute Gasteiger partial charge is 0.193 e. The standard InChI is InChI=1S/C12H19N3/c1-4-14-12(13)15-11-7-5-10(6-8-11)9(2)3/h5-9H,4H2,1-3H3,(H3,13,14,15). The second kappa shape index (κ2) is 5.39. The lowest BCUT2D eigenvalue weighted by Gasteiger charge is -2.08. The Bertz CT molecular complexity index is 325. The molecule has 3 nitrogen and oxygen atoms in total. The van der Waals surface area contributed by atoms with Crippen molar-refractivity contribution in [2.75, 3.05) is 11.9 Å². The molecule has 0 radical (unpaired) electrons. The number of anilines is 1. The van der Waals surface area contributed by atoms with E-state index < -0.39 is 0 Å². The summed E-state index contributed by atoms with van der Waals surface area (Å²) in [5.41, 5.74) is 7.96. The number of rotatable bonds is 3. The highest BCUT2D eigenvalue weighted by Gasteiger charge is 1.99. The van der Waals surface area contributed by atoms with Crippen molar-refractivity contribution in [1.29, 1.82) is 0 Å². The Morgan fingerprint density at radius 3 is 2.40 bits per heavy atom. The lowest BCUT2D eigenvalue weighted by molar-refractivity contribution is 0.867. The van der Waals surface area contributed by atoms with Gasteiger partial charge in [0.2, 0.25) is 0 Å². The molecule has 0 aliphatic carbocycles. The summed E-state index contributed by atoms with van der Waals surface area (Å²) in [6.45, 7) is 7.00. The van der Waals surface area contributed by atoms with E-state index in [1.54, 1.807) is 0 Å². The number of nitrogens with zero attached hydrogens (tertiary/aromatic N) is 1. The van der Waals surface area contributed by atoms with Gasteiger partial charge in [0.25, 0.3) is 0 Å². The molecular weight excluding hydrogens is 186 g/mol. The van der Waals surface area contributed by atoms with E-state index in [4.69, 9.17) is 5.73 Å². The summed E-state index contributed by atoms with van der Waals surface area (Å²) in [5.74, 6) is 1.02. The third kappa shape index (κ3) is 3.62. The molecule has 3 N–H and O–H groups in total. The second-order valence-corrected chi connectivity index (χ2v) is 3.76. The average Bonchev–Trinajstić information content (AvgIpc) is 2.18. The lowest BCUT2D eigenvalue weighted by atomic mass is 10.0. The molecule has 1 rings (SSSR count). The van der Waals surface area contributed by atoms with Gasteiger partial charge in [-0.15, -0.1) is 0 Å². The molecule has 0 amide bonds. The number of nitrogens with one attached hydrogen (secondary N) is 1. The lowest BCUT2D eigenvalue weighted by Crippen LogP contribution is -2.22. The van der Waals surface area contributed by atoms with Crippen molar-refractivity contribution in [2.45, 2.75) is 26.7 Å². The van der Waals surface area contributed by atoms with Gasteiger partial charge in [0, 0.05) is 12.2 Å². The highest BCUT2D eigenvalue weighted by Crippen LogP contribution is 2.16. The maximum absolute atomic E-state index is 5.65. The molecule has 0 saturated carbocycles. The zero-order chi connectivity index (χ0) is 11.3. The first-order valence-corrected chi connectivity index (χ1v) is 5.30. The number of hydrogen-bond donors (Lipinski definition) is 2. The maximum Gasteiger partial charge on any atom is 0.193 e. The molecule has 0 aliphatic heterocycles. The van der Waals surface area contributed by atoms with Crippen LogP contribution in [0.4, 0.5) is 5.69 Å². The van der Waals surface area contributed by atoms with Crippen molar-refractivity contribution >= 4 is 11.6 Å². The highest BCUT2D eigenvalue weighted by molar-refractivity contribution is 5.92. The number of guanidine groups is 1. The van der Waals surface area contributed by atoms with Crippen LogP contribution in [0.3, 0.4) is 0 Å². The van der Waals surface area contributed by atoms with E-state index in [0.29, 0.717) is 18.4 Å². The van der Waals surface area contributed by atoms with E-state index in [1.165, 1.54) is 5.56 Å². The first kappa shape index (κ1) is 11.6. The summed E-state index contributed by atoms with van der Waals surface area (Å²) in [6.07, 6.45) is 0. The van der Waals surface area contributed by atoms with Gasteiger partial charge in [-0.3, -0.25) is 4.99 Å². The number of aliphatic imine (C=N–C) groups is 1. The molecule has 1 aromatic carbocycles. The van der Waals surface area contributed by atoms with Gasteiger partial charge in [-0.2, -0.15) is 0 Å². The predicted octanol–water partition coefficient (Wildman–Crippen LogP) is 2.56. The molecule has 1 aromatic rings. The van der Waals surface area contributed by atoms with Crippen molar-refractivity contribution in [3.05, 3.63) is 29.8 Å². The summed E-state index contributed by atoms with van der Waals surface area (Å²) in [6, 6.07) is 8.25. The van der Waals surface area contributed by atoms with Gasteiger partial charge < -0.3 is 11.1 Å². The quantitative estimate of drug-likeness (QED) is 0.588. The molecular formula is C12H19N3. The van der Waals surface area contributed by atoms with Crippen molar-refractivity contribution < 1.29 is 0 Å². The van der Waals surface area contributed by atoms with Gasteiger partial charge in [0.1, 0.15) is 0 Å². The Morgan fingerprint density at radius 2 is 1.93 bits per heavy atom. The van der Waals surface area contributed by atoms with Crippen molar-refractivity contribution in [3.8, 4) is 0 Å². The fourth-order valence-corrected chi connectivity index (χ4v) is 1.31. The van der Waals surface area contributed by atoms with E-state index in [-0.39, 0.29) is 0 Å². The maximum atomic E-state index is 5.65. The number of benzene rings is 1. The Kier molecular flexibility index (Phi) is 4.16. The monoisotopic (exact) mass is 205 g/mol. The summed E-state index contributed by atoms with van der Waals surface area (Å²) < 4.78 is 0. The summed E-state index contributed by atoms with van der Waals surface area (Å²) in [4.78, 5) is 4.06. The van der Waals surface area contributed by atoms with E-state index in [2.05, 4.69) is 36.3 Å². The fourth-order valence-electron chi connectivity index (χ4n) is 1.31. The van der Waals surface area contributed by atoms with Crippen molar-refractivity contribution in [1.82, 2.24) is 0 Å².